The fourth-order valence-electron chi connectivity index (χ4n) is 1.94. The van der Waals surface area contributed by atoms with Crippen molar-refractivity contribution in [2.45, 2.75) is 45.4 Å². The minimum absolute atomic E-state index is 1.07. The standard InChI is InChI=1S/C17H26S/c1-3-4-5-6-7-11-14-18-15-16(2)17-12-9-8-10-13-17/h8-10,12-13H,2-7,11,14-15H2,1H3. The summed E-state index contributed by atoms with van der Waals surface area (Å²) in [5, 5.41) is 0. The van der Waals surface area contributed by atoms with Gasteiger partial charge in [-0.1, -0.05) is 75.9 Å². The van der Waals surface area contributed by atoms with Crippen LogP contribution < -0.4 is 0 Å². The molecule has 1 rings (SSSR count). The van der Waals surface area contributed by atoms with Gasteiger partial charge in [0.2, 0.25) is 0 Å². The molecule has 0 aliphatic rings. The topological polar surface area (TPSA) is 0 Å². The van der Waals surface area contributed by atoms with E-state index in [1.54, 1.807) is 0 Å². The van der Waals surface area contributed by atoms with Crippen molar-refractivity contribution in [2.75, 3.05) is 11.5 Å². The lowest BCUT2D eigenvalue weighted by Gasteiger charge is -2.05. The molecule has 100 valence electrons. The van der Waals surface area contributed by atoms with Gasteiger partial charge in [0.15, 0.2) is 0 Å². The van der Waals surface area contributed by atoms with Gasteiger partial charge in [-0.25, -0.2) is 0 Å². The van der Waals surface area contributed by atoms with E-state index in [-0.39, 0.29) is 0 Å². The van der Waals surface area contributed by atoms with Crippen LogP contribution >= 0.6 is 11.8 Å². The summed E-state index contributed by atoms with van der Waals surface area (Å²) in [6, 6.07) is 10.5. The van der Waals surface area contributed by atoms with E-state index in [1.807, 2.05) is 11.8 Å². The number of hydrogen-bond donors (Lipinski definition) is 0. The maximum atomic E-state index is 4.16. The molecule has 1 aromatic carbocycles. The average Bonchev–Trinajstić information content (AvgIpc) is 2.42. The van der Waals surface area contributed by atoms with Gasteiger partial charge in [-0.15, -0.1) is 0 Å². The van der Waals surface area contributed by atoms with E-state index in [4.69, 9.17) is 0 Å². The molecule has 0 spiro atoms. The number of rotatable bonds is 10. The molecule has 0 aliphatic heterocycles. The molecule has 0 amide bonds. The minimum atomic E-state index is 1.07. The van der Waals surface area contributed by atoms with Crippen LogP contribution in [0.15, 0.2) is 36.9 Å². The molecule has 0 aliphatic carbocycles. The Morgan fingerprint density at radius 3 is 2.39 bits per heavy atom. The van der Waals surface area contributed by atoms with Crippen molar-refractivity contribution in [1.82, 2.24) is 0 Å². The number of unbranched alkanes of at least 4 members (excludes halogenated alkanes) is 5. The van der Waals surface area contributed by atoms with Crippen LogP contribution in [0.1, 0.15) is 51.0 Å². The molecule has 0 fully saturated rings. The van der Waals surface area contributed by atoms with Crippen LogP contribution in [0.3, 0.4) is 0 Å². The third kappa shape index (κ3) is 6.90. The van der Waals surface area contributed by atoms with E-state index in [0.29, 0.717) is 0 Å². The molecule has 0 N–H and O–H groups in total. The van der Waals surface area contributed by atoms with E-state index in [1.165, 1.54) is 55.4 Å². The molecular formula is C17H26S. The zero-order valence-corrected chi connectivity index (χ0v) is 12.5. The SMILES string of the molecule is C=C(CSCCCCCCCC)c1ccccc1. The Morgan fingerprint density at radius 2 is 1.67 bits per heavy atom. The molecule has 0 saturated carbocycles. The van der Waals surface area contributed by atoms with Crippen LogP contribution in [-0.2, 0) is 0 Å². The first-order chi connectivity index (χ1) is 8.84. The third-order valence-corrected chi connectivity index (χ3v) is 4.23. The quantitative estimate of drug-likeness (QED) is 0.481. The molecule has 1 heteroatoms. The minimum Gasteiger partial charge on any atom is -0.157 e. The molecule has 0 unspecified atom stereocenters. The fraction of sp³-hybridized carbons (Fsp3) is 0.529. The largest absolute Gasteiger partial charge is 0.157 e. The van der Waals surface area contributed by atoms with E-state index >= 15 is 0 Å². The van der Waals surface area contributed by atoms with Crippen LogP contribution in [-0.4, -0.2) is 11.5 Å². The van der Waals surface area contributed by atoms with Crippen LogP contribution in [0.2, 0.25) is 0 Å². The lowest BCUT2D eigenvalue weighted by atomic mass is 10.1. The predicted molar refractivity (Wildman–Crippen MR) is 86.2 cm³/mol. The van der Waals surface area contributed by atoms with E-state index in [9.17, 15) is 0 Å². The Bertz CT molecular complexity index is 316. The molecule has 0 heterocycles. The molecule has 1 aromatic rings. The average molecular weight is 262 g/mol. The van der Waals surface area contributed by atoms with Crippen LogP contribution in [0, 0.1) is 0 Å². The summed E-state index contributed by atoms with van der Waals surface area (Å²) < 4.78 is 0. The van der Waals surface area contributed by atoms with Crippen molar-refractivity contribution < 1.29 is 0 Å². The van der Waals surface area contributed by atoms with Crippen LogP contribution in [0.5, 0.6) is 0 Å². The van der Waals surface area contributed by atoms with Crippen LogP contribution in [0.25, 0.3) is 5.57 Å². The number of thioether (sulfide) groups is 1. The summed E-state index contributed by atoms with van der Waals surface area (Å²) in [6.07, 6.45) is 8.32. The Labute approximate surface area is 117 Å². The van der Waals surface area contributed by atoms with Gasteiger partial charge >= 0.3 is 0 Å². The van der Waals surface area contributed by atoms with Crippen molar-refractivity contribution in [2.24, 2.45) is 0 Å². The van der Waals surface area contributed by atoms with Crippen molar-refractivity contribution in [3.8, 4) is 0 Å². The molecule has 0 aromatic heterocycles. The van der Waals surface area contributed by atoms with Gasteiger partial charge in [0, 0.05) is 5.75 Å². The summed E-state index contributed by atoms with van der Waals surface area (Å²) in [6.45, 7) is 6.43. The van der Waals surface area contributed by atoms with Gasteiger partial charge in [-0.3, -0.25) is 0 Å². The van der Waals surface area contributed by atoms with Gasteiger partial charge in [-0.2, -0.15) is 11.8 Å². The molecule has 0 bridgehead atoms. The first-order valence-electron chi connectivity index (χ1n) is 7.15. The van der Waals surface area contributed by atoms with Crippen molar-refractivity contribution in [1.29, 1.82) is 0 Å². The maximum Gasteiger partial charge on any atom is 0.0184 e. The predicted octanol–water partition coefficient (Wildman–Crippen LogP) is 5.79. The highest BCUT2D eigenvalue weighted by Gasteiger charge is 1.98. The maximum absolute atomic E-state index is 4.16. The van der Waals surface area contributed by atoms with Crippen LogP contribution in [0.4, 0.5) is 0 Å². The Morgan fingerprint density at radius 1 is 1.00 bits per heavy atom. The van der Waals surface area contributed by atoms with Gasteiger partial charge in [0.25, 0.3) is 0 Å². The smallest absolute Gasteiger partial charge is 0.0184 e. The Balaban J connectivity index is 2.00. The Hall–Kier alpha value is -0.690. The zero-order valence-electron chi connectivity index (χ0n) is 11.7. The van der Waals surface area contributed by atoms with Crippen molar-refractivity contribution in [3.63, 3.8) is 0 Å². The third-order valence-electron chi connectivity index (χ3n) is 3.10. The lowest BCUT2D eigenvalue weighted by Crippen LogP contribution is -1.88. The summed E-state index contributed by atoms with van der Waals surface area (Å²) in [5.41, 5.74) is 2.54. The zero-order chi connectivity index (χ0) is 13.1. The van der Waals surface area contributed by atoms with Crippen molar-refractivity contribution in [3.05, 3.63) is 42.5 Å². The second-order valence-corrected chi connectivity index (χ2v) is 5.90. The van der Waals surface area contributed by atoms with Gasteiger partial charge in [-0.05, 0) is 23.3 Å². The van der Waals surface area contributed by atoms with E-state index in [0.717, 1.165) is 5.75 Å². The lowest BCUT2D eigenvalue weighted by molar-refractivity contribution is 0.627. The van der Waals surface area contributed by atoms with Gasteiger partial charge in [0.05, 0.1) is 0 Å². The summed E-state index contributed by atoms with van der Waals surface area (Å²) in [5.74, 6) is 2.34. The molecular weight excluding hydrogens is 236 g/mol. The molecule has 0 saturated heterocycles. The number of benzene rings is 1. The van der Waals surface area contributed by atoms with Gasteiger partial charge in [0.1, 0.15) is 0 Å². The Kier molecular flexibility index (Phi) is 8.75. The highest BCUT2D eigenvalue weighted by Crippen LogP contribution is 2.18. The van der Waals surface area contributed by atoms with E-state index in [2.05, 4.69) is 43.8 Å². The summed E-state index contributed by atoms with van der Waals surface area (Å²) in [4.78, 5) is 0. The first kappa shape index (κ1) is 15.4. The second-order valence-electron chi connectivity index (χ2n) is 4.79. The van der Waals surface area contributed by atoms with Gasteiger partial charge < -0.3 is 0 Å². The highest BCUT2D eigenvalue weighted by atomic mass is 32.2. The monoisotopic (exact) mass is 262 g/mol. The second kappa shape index (κ2) is 10.3. The summed E-state index contributed by atoms with van der Waals surface area (Å²) >= 11 is 2.02. The van der Waals surface area contributed by atoms with Crippen molar-refractivity contribution >= 4 is 17.3 Å². The molecule has 0 radical (unpaired) electrons. The number of hydrogen-bond acceptors (Lipinski definition) is 1. The summed E-state index contributed by atoms with van der Waals surface area (Å²) in [7, 11) is 0. The molecule has 0 atom stereocenters. The van der Waals surface area contributed by atoms with E-state index < -0.39 is 0 Å². The molecule has 18 heavy (non-hydrogen) atoms. The first-order valence-corrected chi connectivity index (χ1v) is 8.31. The fourth-order valence-corrected chi connectivity index (χ4v) is 2.90. The highest BCUT2D eigenvalue weighted by molar-refractivity contribution is 7.99. The normalized spacial score (nSPS) is 10.5. The molecule has 0 nitrogen and oxygen atoms in total.